The number of halogens is 1. The molecular weight excluding hydrogens is 211 g/mol. The molecule has 1 aromatic carbocycles. The maximum Gasteiger partial charge on any atom is 0.335 e. The van der Waals surface area contributed by atoms with Crippen LogP contribution in [0.1, 0.15) is 10.4 Å². The summed E-state index contributed by atoms with van der Waals surface area (Å²) in [5.74, 6) is -3.83. The molecule has 0 saturated heterocycles. The second-order valence-electron chi connectivity index (χ2n) is 2.15. The molecule has 1 rings (SSSR count). The number of aromatic carboxylic acids is 1. The molecule has 0 aliphatic rings. The highest BCUT2D eigenvalue weighted by atomic mass is 19.0. The molecule has 0 spiro atoms. The number of carbonyl (C=O) groups is 1. The summed E-state index contributed by atoms with van der Waals surface area (Å²) < 4.78 is 0. The number of phenols is 2. The normalized spacial score (nSPS) is 7.73. The van der Waals surface area contributed by atoms with Gasteiger partial charge in [0.05, 0.1) is 5.56 Å². The molecule has 0 aliphatic heterocycles. The lowest BCUT2D eigenvalue weighted by Gasteiger charge is -2.10. The molecule has 0 radical (unpaired) electrons. The van der Waals surface area contributed by atoms with Gasteiger partial charge in [-0.15, -0.1) is 0 Å². The highest BCUT2D eigenvalue weighted by Gasteiger charge is 2.07. The quantitative estimate of drug-likeness (QED) is 0.357. The van der Waals surface area contributed by atoms with E-state index >= 15 is 0 Å². The van der Waals surface area contributed by atoms with Crippen molar-refractivity contribution < 1.29 is 29.9 Å². The number of hydrogen-bond acceptors (Lipinski definition) is 4. The Bertz CT molecular complexity index is 321. The van der Waals surface area contributed by atoms with E-state index in [9.17, 15) is 9.90 Å². The van der Waals surface area contributed by atoms with Crippen LogP contribution in [0.4, 0.5) is 0 Å². The lowest BCUT2D eigenvalue weighted by Crippen LogP contribution is -3.00. The minimum atomic E-state index is -1.32. The van der Waals surface area contributed by atoms with Crippen molar-refractivity contribution in [1.82, 2.24) is 12.3 Å². The number of quaternary nitrogens is 2. The van der Waals surface area contributed by atoms with Crippen molar-refractivity contribution in [3.63, 3.8) is 0 Å². The van der Waals surface area contributed by atoms with Crippen molar-refractivity contribution in [3.05, 3.63) is 17.7 Å². The Labute approximate surface area is 84.1 Å². The van der Waals surface area contributed by atoms with Gasteiger partial charge in [0.25, 0.3) is 0 Å². The largest absolute Gasteiger partial charge is 1.00 e. The molecule has 8 heteroatoms. The molecule has 88 valence electrons. The first kappa shape index (κ1) is 18.7. The van der Waals surface area contributed by atoms with Crippen LogP contribution in [0.2, 0.25) is 0 Å². The van der Waals surface area contributed by atoms with Gasteiger partial charge in [-0.25, -0.2) is 4.79 Å². The molecule has 15 heavy (non-hydrogen) atoms. The molecule has 0 unspecified atom stereocenters. The topological polar surface area (TPSA) is 174 Å². The van der Waals surface area contributed by atoms with Crippen molar-refractivity contribution in [2.75, 3.05) is 0 Å². The second kappa shape index (κ2) is 6.40. The summed E-state index contributed by atoms with van der Waals surface area (Å²) in [4.78, 5) is 10.3. The standard InChI is InChI=1S/C7H6O5.FH.2H3N/c8-4-1-3(7(11)12)2-5(9)6(4)10;;;/h1-2,8-10H,(H,11,12);1H;2*1H3. The fraction of sp³-hybridized carbons (Fsp3) is 0. The van der Waals surface area contributed by atoms with E-state index in [1.54, 1.807) is 0 Å². The molecule has 0 amide bonds. The first-order valence-corrected chi connectivity index (χ1v) is 2.98. The summed E-state index contributed by atoms with van der Waals surface area (Å²) in [6.45, 7) is 0. The van der Waals surface area contributed by atoms with E-state index in [1.807, 2.05) is 0 Å². The fourth-order valence-electron chi connectivity index (χ4n) is 0.722. The summed E-state index contributed by atoms with van der Waals surface area (Å²) >= 11 is 0. The molecule has 0 atom stereocenters. The molecule has 0 fully saturated rings. The van der Waals surface area contributed by atoms with Gasteiger partial charge >= 0.3 is 5.97 Å². The molecule has 1 aromatic rings. The average molecular weight is 224 g/mol. The minimum absolute atomic E-state index is 0. The summed E-state index contributed by atoms with van der Waals surface area (Å²) in [7, 11) is 0. The molecule has 0 heterocycles. The van der Waals surface area contributed by atoms with Crippen LogP contribution >= 0.6 is 0 Å². The predicted molar refractivity (Wildman–Crippen MR) is 48.1 cm³/mol. The average Bonchev–Trinajstić information content (AvgIpc) is 1.99. The van der Waals surface area contributed by atoms with Gasteiger partial charge in [-0.1, -0.05) is 0 Å². The maximum atomic E-state index is 10.7. The Kier molecular flexibility index (Phi) is 7.97. The van der Waals surface area contributed by atoms with Gasteiger partial charge in [0.15, 0.2) is 0 Å². The molecule has 7 nitrogen and oxygen atoms in total. The van der Waals surface area contributed by atoms with Crippen LogP contribution in [0.5, 0.6) is 17.2 Å². The van der Waals surface area contributed by atoms with E-state index in [0.29, 0.717) is 0 Å². The van der Waals surface area contributed by atoms with Gasteiger partial charge in [-0.3, -0.25) is 0 Å². The van der Waals surface area contributed by atoms with Gasteiger partial charge in [0.2, 0.25) is 0 Å². The Morgan fingerprint density at radius 1 is 1.13 bits per heavy atom. The molecule has 0 saturated carbocycles. The zero-order valence-electron chi connectivity index (χ0n) is 8.19. The second-order valence-corrected chi connectivity index (χ2v) is 2.15. The minimum Gasteiger partial charge on any atom is -1.00 e. The van der Waals surface area contributed by atoms with Crippen LogP contribution in [0.3, 0.4) is 0 Å². The van der Waals surface area contributed by atoms with E-state index in [0.717, 1.165) is 12.1 Å². The number of aromatic hydroxyl groups is 2. The predicted octanol–water partition coefficient (Wildman–Crippen LogP) is -2.37. The number of hydrogen-bond donors (Lipinski definition) is 5. The van der Waals surface area contributed by atoms with E-state index in [2.05, 4.69) is 0 Å². The fourth-order valence-corrected chi connectivity index (χ4v) is 0.722. The first-order valence-electron chi connectivity index (χ1n) is 2.98. The highest BCUT2D eigenvalue weighted by Crippen LogP contribution is 2.32. The highest BCUT2D eigenvalue weighted by molar-refractivity contribution is 5.89. The molecule has 11 N–H and O–H groups in total. The van der Waals surface area contributed by atoms with Crippen LogP contribution in [0.15, 0.2) is 12.1 Å². The Balaban J connectivity index is -0.000000480. The SMILES string of the molecule is O=C(O)c1cc(O)c([O-])c(O)c1.[F-].[NH4+].[NH4+]. The van der Waals surface area contributed by atoms with Crippen molar-refractivity contribution in [1.29, 1.82) is 0 Å². The zero-order valence-corrected chi connectivity index (χ0v) is 8.19. The van der Waals surface area contributed by atoms with Crippen LogP contribution in [-0.4, -0.2) is 21.3 Å². The summed E-state index contributed by atoms with van der Waals surface area (Å²) in [5.41, 5.74) is -0.329. The third-order valence-corrected chi connectivity index (χ3v) is 1.30. The number of carboxylic acid groups (broad SMARTS) is 1. The Hall–Kier alpha value is -2.06. The van der Waals surface area contributed by atoms with Crippen molar-refractivity contribution in [2.45, 2.75) is 0 Å². The van der Waals surface area contributed by atoms with Gasteiger partial charge in [0, 0.05) is 0 Å². The molecule has 0 bridgehead atoms. The zero-order chi connectivity index (χ0) is 9.30. The first-order chi connectivity index (χ1) is 5.52. The number of rotatable bonds is 1. The third-order valence-electron chi connectivity index (χ3n) is 1.30. The van der Waals surface area contributed by atoms with E-state index in [4.69, 9.17) is 15.3 Å². The Morgan fingerprint density at radius 2 is 1.47 bits per heavy atom. The number of benzene rings is 1. The van der Waals surface area contributed by atoms with Gasteiger partial charge < -0.3 is 37.4 Å². The van der Waals surface area contributed by atoms with Gasteiger partial charge in [-0.05, 0) is 17.9 Å². The lowest BCUT2D eigenvalue weighted by molar-refractivity contribution is -0.272. The van der Waals surface area contributed by atoms with E-state index < -0.39 is 23.2 Å². The van der Waals surface area contributed by atoms with Crippen LogP contribution in [0, 0.1) is 0 Å². The van der Waals surface area contributed by atoms with Crippen molar-refractivity contribution in [2.24, 2.45) is 0 Å². The van der Waals surface area contributed by atoms with Gasteiger partial charge in [-0.2, -0.15) is 0 Å². The third kappa shape index (κ3) is 3.67. The summed E-state index contributed by atoms with van der Waals surface area (Å²) in [6, 6.07) is 1.56. The van der Waals surface area contributed by atoms with Crippen LogP contribution in [0.25, 0.3) is 0 Å². The van der Waals surface area contributed by atoms with E-state index in [-0.39, 0.29) is 22.6 Å². The lowest BCUT2D eigenvalue weighted by atomic mass is 10.2. The molecule has 0 aliphatic carbocycles. The molecule has 0 aromatic heterocycles. The van der Waals surface area contributed by atoms with Crippen molar-refractivity contribution in [3.8, 4) is 17.2 Å². The molecular formula is C7H13FN2O5. The summed E-state index contributed by atoms with van der Waals surface area (Å²) in [5, 5.41) is 36.6. The summed E-state index contributed by atoms with van der Waals surface area (Å²) in [6.07, 6.45) is 0. The number of phenolic OH excluding ortho intramolecular Hbond substituents is 2. The van der Waals surface area contributed by atoms with E-state index in [1.165, 1.54) is 0 Å². The van der Waals surface area contributed by atoms with Gasteiger partial charge in [0.1, 0.15) is 11.5 Å². The van der Waals surface area contributed by atoms with Crippen LogP contribution < -0.4 is 22.1 Å². The number of carboxylic acids is 1. The monoisotopic (exact) mass is 224 g/mol. The van der Waals surface area contributed by atoms with Crippen molar-refractivity contribution >= 4 is 5.97 Å². The smallest absolute Gasteiger partial charge is 0.335 e. The van der Waals surface area contributed by atoms with Crippen LogP contribution in [-0.2, 0) is 0 Å². The Morgan fingerprint density at radius 3 is 1.73 bits per heavy atom. The maximum absolute atomic E-state index is 10.7.